The molecule has 0 radical (unpaired) electrons. The van der Waals surface area contributed by atoms with Crippen LogP contribution < -0.4 is 0 Å². The summed E-state index contributed by atoms with van der Waals surface area (Å²) in [6.45, 7) is 1.37. The normalized spacial score (nSPS) is 17.6. The van der Waals surface area contributed by atoms with Gasteiger partial charge in [-0.25, -0.2) is 19.0 Å². The van der Waals surface area contributed by atoms with Crippen LogP contribution in [0.15, 0.2) is 36.7 Å². The number of hydrogen-bond donors (Lipinski definition) is 0. The van der Waals surface area contributed by atoms with Crippen molar-refractivity contribution in [1.29, 1.82) is 0 Å². The van der Waals surface area contributed by atoms with Crippen LogP contribution in [0.25, 0.3) is 11.2 Å². The van der Waals surface area contributed by atoms with E-state index in [0.717, 1.165) is 41.8 Å². The molecule has 3 aromatic rings. The van der Waals surface area contributed by atoms with Crippen molar-refractivity contribution >= 4 is 17.1 Å². The standard InChI is InChI=1S/C19H20FN5O/c1-24-19-18(21-8-9-22-19)17(23-24)14-3-2-10-25(12-14)16(26)11-13-4-6-15(20)7-5-13/h4-9,14H,2-3,10-12H2,1H3/t14-/m1/s1. The SMILES string of the molecule is Cn1nc([C@@H]2CCCN(C(=O)Cc3ccc(F)cc3)C2)c2nccnc21. The van der Waals surface area contributed by atoms with Crippen molar-refractivity contribution in [3.05, 3.63) is 53.7 Å². The van der Waals surface area contributed by atoms with E-state index in [0.29, 0.717) is 6.54 Å². The fourth-order valence-electron chi connectivity index (χ4n) is 3.60. The predicted octanol–water partition coefficient (Wildman–Crippen LogP) is 2.45. The maximum Gasteiger partial charge on any atom is 0.227 e. The van der Waals surface area contributed by atoms with Crippen molar-refractivity contribution in [3.63, 3.8) is 0 Å². The summed E-state index contributed by atoms with van der Waals surface area (Å²) in [6.07, 6.45) is 5.53. The largest absolute Gasteiger partial charge is 0.342 e. The van der Waals surface area contributed by atoms with Gasteiger partial charge in [-0.1, -0.05) is 12.1 Å². The van der Waals surface area contributed by atoms with Crippen LogP contribution >= 0.6 is 0 Å². The smallest absolute Gasteiger partial charge is 0.227 e. The molecule has 1 aromatic carbocycles. The molecule has 1 aliphatic heterocycles. The zero-order chi connectivity index (χ0) is 18.1. The van der Waals surface area contributed by atoms with E-state index in [1.54, 1.807) is 29.2 Å². The minimum Gasteiger partial charge on any atom is -0.342 e. The van der Waals surface area contributed by atoms with E-state index in [-0.39, 0.29) is 24.1 Å². The Morgan fingerprint density at radius 2 is 2.00 bits per heavy atom. The molecule has 0 saturated carbocycles. The highest BCUT2D eigenvalue weighted by Gasteiger charge is 2.28. The number of halogens is 1. The first-order chi connectivity index (χ1) is 12.6. The fourth-order valence-corrected chi connectivity index (χ4v) is 3.60. The van der Waals surface area contributed by atoms with Crippen molar-refractivity contribution in [2.75, 3.05) is 13.1 Å². The second-order valence-corrected chi connectivity index (χ2v) is 6.72. The lowest BCUT2D eigenvalue weighted by molar-refractivity contribution is -0.131. The number of carbonyl (C=O) groups excluding carboxylic acids is 1. The molecule has 1 saturated heterocycles. The molecule has 134 valence electrons. The van der Waals surface area contributed by atoms with Crippen LogP contribution in [0.1, 0.15) is 30.0 Å². The summed E-state index contributed by atoms with van der Waals surface area (Å²) < 4.78 is 14.8. The molecule has 1 amide bonds. The summed E-state index contributed by atoms with van der Waals surface area (Å²) in [5.41, 5.74) is 3.31. The van der Waals surface area contributed by atoms with Crippen LogP contribution in [0.3, 0.4) is 0 Å². The Kier molecular flexibility index (Phi) is 4.36. The second-order valence-electron chi connectivity index (χ2n) is 6.72. The quantitative estimate of drug-likeness (QED) is 0.726. The molecule has 3 heterocycles. The average molecular weight is 353 g/mol. The highest BCUT2D eigenvalue weighted by atomic mass is 19.1. The molecule has 4 rings (SSSR count). The molecule has 26 heavy (non-hydrogen) atoms. The van der Waals surface area contributed by atoms with Crippen LogP contribution in [-0.2, 0) is 18.3 Å². The molecular weight excluding hydrogens is 333 g/mol. The maximum atomic E-state index is 13.0. The molecule has 6 nitrogen and oxygen atoms in total. The molecule has 0 bridgehead atoms. The van der Waals surface area contributed by atoms with Crippen LogP contribution in [0.4, 0.5) is 4.39 Å². The monoisotopic (exact) mass is 353 g/mol. The van der Waals surface area contributed by atoms with Gasteiger partial charge in [0.05, 0.1) is 12.1 Å². The Labute approximate surface area is 150 Å². The van der Waals surface area contributed by atoms with Gasteiger partial charge in [0.2, 0.25) is 5.91 Å². The van der Waals surface area contributed by atoms with Gasteiger partial charge in [0, 0.05) is 38.4 Å². The summed E-state index contributed by atoms with van der Waals surface area (Å²) in [4.78, 5) is 23.3. The molecule has 0 spiro atoms. The first kappa shape index (κ1) is 16.6. The lowest BCUT2D eigenvalue weighted by Gasteiger charge is -2.32. The summed E-state index contributed by atoms with van der Waals surface area (Å²) >= 11 is 0. The van der Waals surface area contributed by atoms with Gasteiger partial charge in [-0.05, 0) is 30.5 Å². The van der Waals surface area contributed by atoms with Crippen LogP contribution in [0.5, 0.6) is 0 Å². The van der Waals surface area contributed by atoms with Crippen molar-refractivity contribution in [2.24, 2.45) is 7.05 Å². The van der Waals surface area contributed by atoms with E-state index < -0.39 is 0 Å². The van der Waals surface area contributed by atoms with Crippen LogP contribution in [0, 0.1) is 5.82 Å². The van der Waals surface area contributed by atoms with Crippen molar-refractivity contribution in [1.82, 2.24) is 24.6 Å². The second kappa shape index (κ2) is 6.82. The van der Waals surface area contributed by atoms with E-state index in [1.807, 2.05) is 11.9 Å². The fraction of sp³-hybridized carbons (Fsp3) is 0.368. The number of aryl methyl sites for hydroxylation is 1. The average Bonchev–Trinajstić information content (AvgIpc) is 3.01. The molecule has 2 aromatic heterocycles. The first-order valence-electron chi connectivity index (χ1n) is 8.77. The van der Waals surface area contributed by atoms with E-state index >= 15 is 0 Å². The molecule has 0 unspecified atom stereocenters. The molecule has 1 atom stereocenters. The highest BCUT2D eigenvalue weighted by molar-refractivity contribution is 5.79. The van der Waals surface area contributed by atoms with E-state index in [4.69, 9.17) is 0 Å². The van der Waals surface area contributed by atoms with E-state index in [1.165, 1.54) is 12.1 Å². The lowest BCUT2D eigenvalue weighted by atomic mass is 9.94. The number of fused-ring (bicyclic) bond motifs is 1. The molecule has 1 fully saturated rings. The predicted molar refractivity (Wildman–Crippen MR) is 95.0 cm³/mol. The van der Waals surface area contributed by atoms with Gasteiger partial charge in [-0.2, -0.15) is 5.10 Å². The lowest BCUT2D eigenvalue weighted by Crippen LogP contribution is -2.40. The van der Waals surface area contributed by atoms with Gasteiger partial charge in [0.25, 0.3) is 0 Å². The number of amides is 1. The summed E-state index contributed by atoms with van der Waals surface area (Å²) in [5.74, 6) is -0.0729. The Bertz CT molecular complexity index is 937. The third kappa shape index (κ3) is 3.16. The summed E-state index contributed by atoms with van der Waals surface area (Å²) in [7, 11) is 1.86. The van der Waals surface area contributed by atoms with E-state index in [2.05, 4.69) is 15.1 Å². The van der Waals surface area contributed by atoms with Crippen LogP contribution in [0.2, 0.25) is 0 Å². The van der Waals surface area contributed by atoms with Crippen molar-refractivity contribution in [3.8, 4) is 0 Å². The van der Waals surface area contributed by atoms with Gasteiger partial charge < -0.3 is 4.90 Å². The molecule has 1 aliphatic rings. The highest BCUT2D eigenvalue weighted by Crippen LogP contribution is 2.30. The minimum atomic E-state index is -0.289. The molecule has 7 heteroatoms. The molecule has 0 N–H and O–H groups in total. The Hall–Kier alpha value is -2.83. The van der Waals surface area contributed by atoms with Gasteiger partial charge in [0.1, 0.15) is 11.3 Å². The van der Waals surface area contributed by atoms with Crippen molar-refractivity contribution in [2.45, 2.75) is 25.2 Å². The van der Waals surface area contributed by atoms with Gasteiger partial charge >= 0.3 is 0 Å². The number of piperidine rings is 1. The number of rotatable bonds is 3. The Balaban J connectivity index is 1.51. The Morgan fingerprint density at radius 1 is 1.23 bits per heavy atom. The maximum absolute atomic E-state index is 13.0. The number of likely N-dealkylation sites (tertiary alicyclic amines) is 1. The summed E-state index contributed by atoms with van der Waals surface area (Å²) in [6, 6.07) is 6.10. The molecule has 0 aliphatic carbocycles. The van der Waals surface area contributed by atoms with Crippen molar-refractivity contribution < 1.29 is 9.18 Å². The van der Waals surface area contributed by atoms with Gasteiger partial charge in [-0.15, -0.1) is 0 Å². The number of benzene rings is 1. The third-order valence-corrected chi connectivity index (χ3v) is 4.92. The first-order valence-corrected chi connectivity index (χ1v) is 8.77. The number of nitrogens with zero attached hydrogens (tertiary/aromatic N) is 5. The zero-order valence-electron chi connectivity index (χ0n) is 14.6. The van der Waals surface area contributed by atoms with E-state index in [9.17, 15) is 9.18 Å². The Morgan fingerprint density at radius 3 is 2.81 bits per heavy atom. The van der Waals surface area contributed by atoms with Gasteiger partial charge in [0.15, 0.2) is 5.65 Å². The number of aromatic nitrogens is 4. The molecular formula is C19H20FN5O. The minimum absolute atomic E-state index is 0.0626. The summed E-state index contributed by atoms with van der Waals surface area (Å²) in [5, 5.41) is 4.61. The third-order valence-electron chi connectivity index (χ3n) is 4.92. The zero-order valence-corrected chi connectivity index (χ0v) is 14.6. The number of carbonyl (C=O) groups is 1. The number of hydrogen-bond acceptors (Lipinski definition) is 4. The van der Waals surface area contributed by atoms with Gasteiger partial charge in [-0.3, -0.25) is 4.79 Å². The van der Waals surface area contributed by atoms with Crippen LogP contribution in [-0.4, -0.2) is 43.6 Å². The topological polar surface area (TPSA) is 63.9 Å².